The Morgan fingerprint density at radius 1 is 1.24 bits per heavy atom. The summed E-state index contributed by atoms with van der Waals surface area (Å²) in [5, 5.41) is 7.49. The summed E-state index contributed by atoms with van der Waals surface area (Å²) in [5.41, 5.74) is 0.780. The Morgan fingerprint density at radius 3 is 2.57 bits per heavy atom. The van der Waals surface area contributed by atoms with Gasteiger partial charge in [-0.05, 0) is 13.0 Å². The number of hydrogen-bond acceptors (Lipinski definition) is 5. The van der Waals surface area contributed by atoms with Gasteiger partial charge in [0.15, 0.2) is 0 Å². The van der Waals surface area contributed by atoms with Crippen LogP contribution in [0.5, 0.6) is 0 Å². The molecule has 1 aliphatic rings. The second-order valence-electron chi connectivity index (χ2n) is 6.23. The fourth-order valence-corrected chi connectivity index (χ4v) is 2.33. The summed E-state index contributed by atoms with van der Waals surface area (Å²) >= 11 is 0. The third-order valence-corrected chi connectivity index (χ3v) is 3.81. The highest BCUT2D eigenvalue weighted by Gasteiger charge is 2.13. The summed E-state index contributed by atoms with van der Waals surface area (Å²) in [7, 11) is 2.15. The van der Waals surface area contributed by atoms with Crippen LogP contribution in [-0.4, -0.2) is 65.9 Å². The zero-order valence-electron chi connectivity index (χ0n) is 13.4. The number of piperazine rings is 1. The van der Waals surface area contributed by atoms with Gasteiger partial charge in [-0.25, -0.2) is 4.68 Å². The first-order valence-corrected chi connectivity index (χ1v) is 7.76. The van der Waals surface area contributed by atoms with Gasteiger partial charge >= 0.3 is 0 Å². The molecule has 2 heterocycles. The number of nitrogens with one attached hydrogen (secondary N) is 1. The molecular formula is C15H27N5O. The van der Waals surface area contributed by atoms with E-state index >= 15 is 0 Å². The standard InChI is InChI=1S/C15H27N5O/c1-13(2)11-16-14-10-15(21)20(17-12-14)9-8-19-6-4-18(3)5-7-19/h10,12-13,16H,4-9,11H2,1-3H3. The second-order valence-corrected chi connectivity index (χ2v) is 6.23. The van der Waals surface area contributed by atoms with Crippen molar-refractivity contribution in [3.05, 3.63) is 22.6 Å². The minimum absolute atomic E-state index is 0.0297. The lowest BCUT2D eigenvalue weighted by atomic mass is 10.2. The van der Waals surface area contributed by atoms with Crippen LogP contribution < -0.4 is 10.9 Å². The van der Waals surface area contributed by atoms with Gasteiger partial charge in [-0.15, -0.1) is 0 Å². The maximum atomic E-state index is 12.0. The van der Waals surface area contributed by atoms with Crippen molar-refractivity contribution in [2.24, 2.45) is 5.92 Å². The van der Waals surface area contributed by atoms with Crippen LogP contribution in [0, 0.1) is 5.92 Å². The summed E-state index contributed by atoms with van der Waals surface area (Å²) in [6, 6.07) is 1.64. The van der Waals surface area contributed by atoms with E-state index in [0.717, 1.165) is 45.0 Å². The number of likely N-dealkylation sites (N-methyl/N-ethyl adjacent to an activating group) is 1. The van der Waals surface area contributed by atoms with Crippen molar-refractivity contribution < 1.29 is 0 Å². The highest BCUT2D eigenvalue weighted by Crippen LogP contribution is 2.03. The van der Waals surface area contributed by atoms with Crippen LogP contribution in [0.25, 0.3) is 0 Å². The van der Waals surface area contributed by atoms with Crippen LogP contribution in [0.15, 0.2) is 17.1 Å². The lowest BCUT2D eigenvalue weighted by Gasteiger charge is -2.32. The number of nitrogens with zero attached hydrogens (tertiary/aromatic N) is 4. The molecule has 21 heavy (non-hydrogen) atoms. The van der Waals surface area contributed by atoms with Gasteiger partial charge in [0, 0.05) is 45.3 Å². The van der Waals surface area contributed by atoms with Gasteiger partial charge in [0.25, 0.3) is 5.56 Å². The molecule has 2 rings (SSSR count). The largest absolute Gasteiger partial charge is 0.383 e. The average molecular weight is 293 g/mol. The number of hydrogen-bond donors (Lipinski definition) is 1. The van der Waals surface area contributed by atoms with Crippen molar-refractivity contribution in [3.8, 4) is 0 Å². The van der Waals surface area contributed by atoms with Crippen molar-refractivity contribution in [2.75, 3.05) is 51.6 Å². The highest BCUT2D eigenvalue weighted by atomic mass is 16.1. The van der Waals surface area contributed by atoms with Gasteiger partial charge in [0.2, 0.25) is 0 Å². The molecule has 6 heteroatoms. The molecule has 0 spiro atoms. The fraction of sp³-hybridized carbons (Fsp3) is 0.733. The maximum absolute atomic E-state index is 12.0. The summed E-state index contributed by atoms with van der Waals surface area (Å²) in [5.74, 6) is 0.546. The van der Waals surface area contributed by atoms with Gasteiger partial charge in [0.1, 0.15) is 0 Å². The van der Waals surface area contributed by atoms with Crippen LogP contribution in [0.1, 0.15) is 13.8 Å². The highest BCUT2D eigenvalue weighted by molar-refractivity contribution is 5.38. The summed E-state index contributed by atoms with van der Waals surface area (Å²) in [4.78, 5) is 16.8. The van der Waals surface area contributed by atoms with Crippen LogP contribution in [0.3, 0.4) is 0 Å². The quantitative estimate of drug-likeness (QED) is 0.830. The summed E-state index contributed by atoms with van der Waals surface area (Å²) < 4.78 is 1.55. The zero-order chi connectivity index (χ0) is 15.2. The van der Waals surface area contributed by atoms with Gasteiger partial charge < -0.3 is 10.2 Å². The molecule has 1 N–H and O–H groups in total. The third-order valence-electron chi connectivity index (χ3n) is 3.81. The van der Waals surface area contributed by atoms with Crippen molar-refractivity contribution >= 4 is 5.69 Å². The molecule has 118 valence electrons. The number of rotatable bonds is 6. The smallest absolute Gasteiger partial charge is 0.268 e. The van der Waals surface area contributed by atoms with Crippen molar-refractivity contribution in [2.45, 2.75) is 20.4 Å². The van der Waals surface area contributed by atoms with E-state index < -0.39 is 0 Å². The molecule has 1 aromatic rings. The molecule has 0 atom stereocenters. The van der Waals surface area contributed by atoms with Crippen molar-refractivity contribution in [1.29, 1.82) is 0 Å². The Hall–Kier alpha value is -1.40. The molecule has 0 saturated carbocycles. The van der Waals surface area contributed by atoms with Crippen LogP contribution >= 0.6 is 0 Å². The van der Waals surface area contributed by atoms with E-state index in [-0.39, 0.29) is 5.56 Å². The molecule has 0 unspecified atom stereocenters. The van der Waals surface area contributed by atoms with Gasteiger partial charge in [-0.1, -0.05) is 13.8 Å². The topological polar surface area (TPSA) is 53.4 Å². The monoisotopic (exact) mass is 293 g/mol. The van der Waals surface area contributed by atoms with E-state index in [1.807, 2.05) is 0 Å². The molecule has 6 nitrogen and oxygen atoms in total. The average Bonchev–Trinajstić information content (AvgIpc) is 2.46. The van der Waals surface area contributed by atoms with E-state index in [4.69, 9.17) is 0 Å². The molecule has 1 aromatic heterocycles. The SMILES string of the molecule is CC(C)CNc1cnn(CCN2CCN(C)CC2)c(=O)c1. The molecule has 0 radical (unpaired) electrons. The first kappa shape index (κ1) is 16.0. The van der Waals surface area contributed by atoms with E-state index in [9.17, 15) is 4.79 Å². The van der Waals surface area contributed by atoms with E-state index in [0.29, 0.717) is 12.5 Å². The molecule has 0 aromatic carbocycles. The molecule has 1 fully saturated rings. The molecule has 0 amide bonds. The van der Waals surface area contributed by atoms with Crippen LogP contribution in [0.2, 0.25) is 0 Å². The fourth-order valence-electron chi connectivity index (χ4n) is 2.33. The summed E-state index contributed by atoms with van der Waals surface area (Å²) in [6.45, 7) is 11.0. The first-order chi connectivity index (χ1) is 10.0. The Bertz CT molecular complexity index is 491. The Morgan fingerprint density at radius 2 is 1.95 bits per heavy atom. The maximum Gasteiger partial charge on any atom is 0.268 e. The zero-order valence-corrected chi connectivity index (χ0v) is 13.4. The third kappa shape index (κ3) is 5.13. The van der Waals surface area contributed by atoms with Gasteiger partial charge in [-0.3, -0.25) is 9.69 Å². The minimum Gasteiger partial charge on any atom is -0.383 e. The second kappa shape index (κ2) is 7.56. The lowest BCUT2D eigenvalue weighted by molar-refractivity contribution is 0.148. The van der Waals surface area contributed by atoms with Crippen LogP contribution in [-0.2, 0) is 6.54 Å². The molecule has 0 aliphatic carbocycles. The predicted octanol–water partition coefficient (Wildman–Crippen LogP) is 0.559. The molecule has 1 aliphatic heterocycles. The Kier molecular flexibility index (Phi) is 5.76. The van der Waals surface area contributed by atoms with Crippen molar-refractivity contribution in [1.82, 2.24) is 19.6 Å². The molecule has 0 bridgehead atoms. The van der Waals surface area contributed by atoms with E-state index in [2.05, 4.69) is 41.1 Å². The first-order valence-electron chi connectivity index (χ1n) is 7.76. The lowest BCUT2D eigenvalue weighted by Crippen LogP contribution is -2.46. The Labute approximate surface area is 126 Å². The van der Waals surface area contributed by atoms with E-state index in [1.54, 1.807) is 16.9 Å². The Balaban J connectivity index is 1.85. The summed E-state index contributed by atoms with van der Waals surface area (Å²) in [6.07, 6.45) is 1.74. The van der Waals surface area contributed by atoms with Crippen molar-refractivity contribution in [3.63, 3.8) is 0 Å². The van der Waals surface area contributed by atoms with Crippen LogP contribution in [0.4, 0.5) is 5.69 Å². The molecular weight excluding hydrogens is 266 g/mol. The minimum atomic E-state index is -0.0297. The predicted molar refractivity (Wildman–Crippen MR) is 85.8 cm³/mol. The van der Waals surface area contributed by atoms with E-state index in [1.165, 1.54) is 0 Å². The normalized spacial score (nSPS) is 17.3. The number of aromatic nitrogens is 2. The van der Waals surface area contributed by atoms with Gasteiger partial charge in [0.05, 0.1) is 18.4 Å². The van der Waals surface area contributed by atoms with Gasteiger partial charge in [-0.2, -0.15) is 5.10 Å². The molecule has 1 saturated heterocycles. The number of anilines is 1.